The number of halogens is 2. The number of hydrogen-bond donors (Lipinski definition) is 1. The minimum absolute atomic E-state index is 0.0440. The van der Waals surface area contributed by atoms with Crippen LogP contribution in [0.15, 0.2) is 0 Å². The summed E-state index contributed by atoms with van der Waals surface area (Å²) in [7, 11) is 0. The number of alkyl halides is 2. The number of rotatable bonds is 2. The lowest BCUT2D eigenvalue weighted by molar-refractivity contribution is -0.122. The van der Waals surface area contributed by atoms with Crippen LogP contribution in [0.25, 0.3) is 0 Å². The molecule has 0 saturated carbocycles. The summed E-state index contributed by atoms with van der Waals surface area (Å²) in [6, 6.07) is 0. The van der Waals surface area contributed by atoms with Crippen molar-refractivity contribution in [2.24, 2.45) is 5.92 Å². The summed E-state index contributed by atoms with van der Waals surface area (Å²) in [4.78, 5) is 10.6. The SMILES string of the molecule is CC1(C)NCCC1C(=O)C(Cl)Cl. The Morgan fingerprint density at radius 3 is 2.50 bits per heavy atom. The first-order valence-electron chi connectivity index (χ1n) is 4.02. The summed E-state index contributed by atoms with van der Waals surface area (Å²) in [5.74, 6) is -0.106. The van der Waals surface area contributed by atoms with E-state index in [0.717, 1.165) is 13.0 Å². The first-order chi connectivity index (χ1) is 5.45. The maximum Gasteiger partial charge on any atom is 0.170 e. The molecular weight excluding hydrogens is 197 g/mol. The predicted molar refractivity (Wildman–Crippen MR) is 50.7 cm³/mol. The van der Waals surface area contributed by atoms with Gasteiger partial charge in [-0.2, -0.15) is 0 Å². The van der Waals surface area contributed by atoms with E-state index < -0.39 is 4.84 Å². The molecule has 0 radical (unpaired) electrons. The van der Waals surface area contributed by atoms with Crippen LogP contribution < -0.4 is 5.32 Å². The summed E-state index contributed by atoms with van der Waals surface area (Å²) in [6.45, 7) is 4.86. The molecule has 0 bridgehead atoms. The highest BCUT2D eigenvalue weighted by Gasteiger charge is 2.40. The van der Waals surface area contributed by atoms with Gasteiger partial charge in [0.05, 0.1) is 0 Å². The zero-order valence-corrected chi connectivity index (χ0v) is 8.74. The fourth-order valence-corrected chi connectivity index (χ4v) is 1.98. The maximum absolute atomic E-state index is 11.5. The number of Topliss-reactive ketones (excluding diaryl/α,β-unsaturated/α-hetero) is 1. The molecule has 0 aromatic carbocycles. The monoisotopic (exact) mass is 209 g/mol. The van der Waals surface area contributed by atoms with Gasteiger partial charge < -0.3 is 5.32 Å². The highest BCUT2D eigenvalue weighted by molar-refractivity contribution is 6.54. The van der Waals surface area contributed by atoms with E-state index in [9.17, 15) is 4.79 Å². The van der Waals surface area contributed by atoms with Gasteiger partial charge in [0.1, 0.15) is 0 Å². The zero-order chi connectivity index (χ0) is 9.35. The number of nitrogens with one attached hydrogen (secondary N) is 1. The molecule has 1 saturated heterocycles. The van der Waals surface area contributed by atoms with Crippen LogP contribution in [-0.4, -0.2) is 22.7 Å². The van der Waals surface area contributed by atoms with Crippen LogP contribution in [0.2, 0.25) is 0 Å². The molecule has 1 aliphatic rings. The van der Waals surface area contributed by atoms with Gasteiger partial charge in [-0.1, -0.05) is 23.2 Å². The molecule has 4 heteroatoms. The first-order valence-corrected chi connectivity index (χ1v) is 4.89. The topological polar surface area (TPSA) is 29.1 Å². The van der Waals surface area contributed by atoms with Gasteiger partial charge in [0.2, 0.25) is 0 Å². The van der Waals surface area contributed by atoms with E-state index >= 15 is 0 Å². The van der Waals surface area contributed by atoms with Crippen LogP contribution in [0.4, 0.5) is 0 Å². The Hall–Kier alpha value is 0.210. The third-order valence-electron chi connectivity index (χ3n) is 2.44. The van der Waals surface area contributed by atoms with Crippen LogP contribution in [0.5, 0.6) is 0 Å². The van der Waals surface area contributed by atoms with Gasteiger partial charge in [0.15, 0.2) is 10.6 Å². The molecule has 1 fully saturated rings. The zero-order valence-electron chi connectivity index (χ0n) is 7.23. The van der Waals surface area contributed by atoms with Crippen molar-refractivity contribution >= 4 is 29.0 Å². The minimum Gasteiger partial charge on any atom is -0.311 e. The average Bonchev–Trinajstić information content (AvgIpc) is 2.27. The fraction of sp³-hybridized carbons (Fsp3) is 0.875. The van der Waals surface area contributed by atoms with Gasteiger partial charge in [-0.05, 0) is 26.8 Å². The molecule has 1 N–H and O–H groups in total. The van der Waals surface area contributed by atoms with Crippen LogP contribution in [0.3, 0.4) is 0 Å². The second kappa shape index (κ2) is 3.52. The molecule has 12 heavy (non-hydrogen) atoms. The molecule has 1 aliphatic heterocycles. The largest absolute Gasteiger partial charge is 0.311 e. The first kappa shape index (κ1) is 10.3. The lowest BCUT2D eigenvalue weighted by atomic mass is 9.86. The number of ketones is 1. The number of carbonyl (C=O) groups excluding carboxylic acids is 1. The molecule has 70 valence electrons. The van der Waals surface area contributed by atoms with Crippen LogP contribution in [0.1, 0.15) is 20.3 Å². The summed E-state index contributed by atoms with van der Waals surface area (Å²) < 4.78 is 0. The van der Waals surface area contributed by atoms with Gasteiger partial charge >= 0.3 is 0 Å². The second-order valence-corrected chi connectivity index (χ2v) is 4.79. The Morgan fingerprint density at radius 2 is 2.17 bits per heavy atom. The normalized spacial score (nSPS) is 27.9. The molecule has 1 unspecified atom stereocenters. The Morgan fingerprint density at radius 1 is 1.58 bits per heavy atom. The van der Waals surface area contributed by atoms with Crippen molar-refractivity contribution < 1.29 is 4.79 Å². The van der Waals surface area contributed by atoms with E-state index in [2.05, 4.69) is 5.32 Å². The average molecular weight is 210 g/mol. The van der Waals surface area contributed by atoms with Gasteiger partial charge in [0.25, 0.3) is 0 Å². The van der Waals surface area contributed by atoms with E-state index in [0.29, 0.717) is 0 Å². The Kier molecular flexibility index (Phi) is 3.02. The Labute approximate surface area is 82.6 Å². The van der Waals surface area contributed by atoms with Gasteiger partial charge in [-0.15, -0.1) is 0 Å². The van der Waals surface area contributed by atoms with Crippen molar-refractivity contribution in [1.29, 1.82) is 0 Å². The van der Waals surface area contributed by atoms with Crippen LogP contribution >= 0.6 is 23.2 Å². The Balaban J connectivity index is 2.69. The molecule has 1 rings (SSSR count). The summed E-state index contributed by atoms with van der Waals surface area (Å²) in [5.41, 5.74) is -0.154. The van der Waals surface area contributed by atoms with E-state index in [1.165, 1.54) is 0 Å². The number of carbonyl (C=O) groups is 1. The fourth-order valence-electron chi connectivity index (χ4n) is 1.67. The summed E-state index contributed by atoms with van der Waals surface area (Å²) in [6.07, 6.45) is 0.835. The van der Waals surface area contributed by atoms with Gasteiger partial charge in [0, 0.05) is 11.5 Å². The van der Waals surface area contributed by atoms with E-state index in [-0.39, 0.29) is 17.2 Å². The second-order valence-electron chi connectivity index (χ2n) is 3.69. The van der Waals surface area contributed by atoms with E-state index in [1.54, 1.807) is 0 Å². The molecule has 0 aliphatic carbocycles. The van der Waals surface area contributed by atoms with Crippen LogP contribution in [-0.2, 0) is 4.79 Å². The Bertz CT molecular complexity index is 191. The quantitative estimate of drug-likeness (QED) is 0.703. The maximum atomic E-state index is 11.5. The highest BCUT2D eigenvalue weighted by Crippen LogP contribution is 2.29. The smallest absolute Gasteiger partial charge is 0.170 e. The highest BCUT2D eigenvalue weighted by atomic mass is 35.5. The summed E-state index contributed by atoms with van der Waals surface area (Å²) >= 11 is 11.0. The van der Waals surface area contributed by atoms with Crippen LogP contribution in [0, 0.1) is 5.92 Å². The molecule has 2 nitrogen and oxygen atoms in total. The molecular formula is C8H13Cl2NO. The third-order valence-corrected chi connectivity index (χ3v) is 2.87. The predicted octanol–water partition coefficient (Wildman–Crippen LogP) is 1.75. The lowest BCUT2D eigenvalue weighted by Gasteiger charge is -2.26. The molecule has 0 aromatic rings. The standard InChI is InChI=1S/C8H13Cl2NO/c1-8(2)5(3-4-11-8)6(12)7(9)10/h5,7,11H,3-4H2,1-2H3. The third kappa shape index (κ3) is 1.93. The molecule has 0 amide bonds. The van der Waals surface area contributed by atoms with Crippen molar-refractivity contribution in [3.05, 3.63) is 0 Å². The van der Waals surface area contributed by atoms with Crippen molar-refractivity contribution in [3.8, 4) is 0 Å². The molecule has 1 heterocycles. The van der Waals surface area contributed by atoms with Gasteiger partial charge in [-0.3, -0.25) is 4.79 Å². The van der Waals surface area contributed by atoms with Crippen molar-refractivity contribution in [1.82, 2.24) is 5.32 Å². The van der Waals surface area contributed by atoms with Crippen molar-refractivity contribution in [2.75, 3.05) is 6.54 Å². The van der Waals surface area contributed by atoms with Gasteiger partial charge in [-0.25, -0.2) is 0 Å². The van der Waals surface area contributed by atoms with Crippen molar-refractivity contribution in [3.63, 3.8) is 0 Å². The lowest BCUT2D eigenvalue weighted by Crippen LogP contribution is -2.42. The molecule has 1 atom stereocenters. The van der Waals surface area contributed by atoms with E-state index in [4.69, 9.17) is 23.2 Å². The molecule has 0 aromatic heterocycles. The number of hydrogen-bond acceptors (Lipinski definition) is 2. The molecule has 0 spiro atoms. The minimum atomic E-state index is -0.880. The van der Waals surface area contributed by atoms with Crippen molar-refractivity contribution in [2.45, 2.75) is 30.6 Å². The van der Waals surface area contributed by atoms with E-state index in [1.807, 2.05) is 13.8 Å². The summed E-state index contributed by atoms with van der Waals surface area (Å²) in [5, 5.41) is 3.24.